The lowest BCUT2D eigenvalue weighted by Gasteiger charge is -2.23. The number of nitrogens with zero attached hydrogens (tertiary/aromatic N) is 1. The zero-order valence-corrected chi connectivity index (χ0v) is 11.9. The Morgan fingerprint density at radius 3 is 2.55 bits per heavy atom. The van der Waals surface area contributed by atoms with Crippen molar-refractivity contribution in [3.8, 4) is 5.75 Å². The van der Waals surface area contributed by atoms with Crippen molar-refractivity contribution < 1.29 is 19.8 Å². The van der Waals surface area contributed by atoms with E-state index in [-0.39, 0.29) is 23.3 Å². The van der Waals surface area contributed by atoms with Crippen LogP contribution in [0.15, 0.2) is 18.5 Å². The van der Waals surface area contributed by atoms with Crippen molar-refractivity contribution in [3.05, 3.63) is 24.0 Å². The monoisotopic (exact) mass is 280 g/mol. The number of aromatic hydroxyl groups is 1. The molecule has 0 saturated heterocycles. The molecule has 0 radical (unpaired) electrons. The second-order valence-corrected chi connectivity index (χ2v) is 5.90. The minimum Gasteiger partial charge on any atom is -0.505 e. The Morgan fingerprint density at radius 1 is 1.40 bits per heavy atom. The first-order chi connectivity index (χ1) is 9.20. The lowest BCUT2D eigenvalue weighted by molar-refractivity contribution is -0.142. The van der Waals surface area contributed by atoms with Crippen LogP contribution in [0.1, 0.15) is 37.6 Å². The van der Waals surface area contributed by atoms with Gasteiger partial charge in [0.05, 0.1) is 17.7 Å². The molecule has 20 heavy (non-hydrogen) atoms. The molecule has 1 rings (SSSR count). The predicted molar refractivity (Wildman–Crippen MR) is 73.4 cm³/mol. The van der Waals surface area contributed by atoms with E-state index in [2.05, 4.69) is 10.3 Å². The van der Waals surface area contributed by atoms with Crippen LogP contribution < -0.4 is 5.32 Å². The summed E-state index contributed by atoms with van der Waals surface area (Å²) in [5.74, 6) is -2.35. The van der Waals surface area contributed by atoms with E-state index in [0.717, 1.165) is 0 Å². The van der Waals surface area contributed by atoms with Gasteiger partial charge in [0.2, 0.25) is 0 Å². The van der Waals surface area contributed by atoms with E-state index < -0.39 is 17.8 Å². The minimum absolute atomic E-state index is 0.0210. The maximum Gasteiger partial charge on any atom is 0.308 e. The number of hydrogen-bond acceptors (Lipinski definition) is 4. The second-order valence-electron chi connectivity index (χ2n) is 5.90. The summed E-state index contributed by atoms with van der Waals surface area (Å²) in [6.07, 6.45) is 3.00. The lowest BCUT2D eigenvalue weighted by atomic mass is 9.84. The van der Waals surface area contributed by atoms with E-state index in [0.29, 0.717) is 6.42 Å². The summed E-state index contributed by atoms with van der Waals surface area (Å²) in [7, 11) is 0. The van der Waals surface area contributed by atoms with Crippen molar-refractivity contribution in [2.75, 3.05) is 6.54 Å². The van der Waals surface area contributed by atoms with Gasteiger partial charge in [0, 0.05) is 12.7 Å². The normalized spacial score (nSPS) is 12.8. The first-order valence-corrected chi connectivity index (χ1v) is 6.34. The van der Waals surface area contributed by atoms with E-state index in [1.807, 2.05) is 20.8 Å². The number of amides is 1. The molecule has 3 N–H and O–H groups in total. The van der Waals surface area contributed by atoms with Gasteiger partial charge in [0.15, 0.2) is 0 Å². The van der Waals surface area contributed by atoms with Gasteiger partial charge in [-0.2, -0.15) is 0 Å². The second kappa shape index (κ2) is 6.36. The van der Waals surface area contributed by atoms with E-state index >= 15 is 0 Å². The molecule has 0 spiro atoms. The first kappa shape index (κ1) is 15.9. The third kappa shape index (κ3) is 4.87. The van der Waals surface area contributed by atoms with Crippen LogP contribution >= 0.6 is 0 Å². The van der Waals surface area contributed by atoms with E-state index in [9.17, 15) is 14.7 Å². The van der Waals surface area contributed by atoms with Crippen molar-refractivity contribution >= 4 is 11.9 Å². The fraction of sp³-hybridized carbons (Fsp3) is 0.500. The number of hydrogen-bond donors (Lipinski definition) is 3. The van der Waals surface area contributed by atoms with Gasteiger partial charge in [0.25, 0.3) is 5.91 Å². The first-order valence-electron chi connectivity index (χ1n) is 6.34. The molecule has 0 bridgehead atoms. The molecular formula is C14H20N2O4. The van der Waals surface area contributed by atoms with Crippen LogP contribution in [0.4, 0.5) is 0 Å². The third-order valence-electron chi connectivity index (χ3n) is 2.76. The van der Waals surface area contributed by atoms with E-state index in [1.165, 1.54) is 18.5 Å². The highest BCUT2D eigenvalue weighted by Gasteiger charge is 2.25. The number of carboxylic acids is 1. The Labute approximate surface area is 117 Å². The van der Waals surface area contributed by atoms with Crippen LogP contribution in [0.5, 0.6) is 5.75 Å². The molecule has 0 aliphatic carbocycles. The smallest absolute Gasteiger partial charge is 0.308 e. The average molecular weight is 280 g/mol. The summed E-state index contributed by atoms with van der Waals surface area (Å²) >= 11 is 0. The van der Waals surface area contributed by atoms with Gasteiger partial charge in [-0.3, -0.25) is 14.6 Å². The van der Waals surface area contributed by atoms with Crippen LogP contribution in [0, 0.1) is 11.3 Å². The van der Waals surface area contributed by atoms with Gasteiger partial charge in [-0.1, -0.05) is 20.8 Å². The molecule has 0 saturated carbocycles. The van der Waals surface area contributed by atoms with Crippen LogP contribution in [0.25, 0.3) is 0 Å². The number of rotatable bonds is 5. The third-order valence-corrected chi connectivity index (χ3v) is 2.76. The number of carboxylic acid groups (broad SMARTS) is 1. The van der Waals surface area contributed by atoms with E-state index in [4.69, 9.17) is 5.11 Å². The Hall–Kier alpha value is -2.11. The molecule has 0 fully saturated rings. The largest absolute Gasteiger partial charge is 0.505 e. The molecule has 0 aliphatic rings. The van der Waals surface area contributed by atoms with Crippen molar-refractivity contribution in [2.45, 2.75) is 27.2 Å². The number of aromatic nitrogens is 1. The number of pyridine rings is 1. The number of carbonyl (C=O) groups is 2. The molecule has 1 heterocycles. The zero-order valence-electron chi connectivity index (χ0n) is 11.9. The Balaban J connectivity index is 2.67. The number of nitrogens with one attached hydrogen (secondary N) is 1. The molecule has 1 aromatic rings. The summed E-state index contributed by atoms with van der Waals surface area (Å²) < 4.78 is 0. The molecule has 0 aromatic carbocycles. The highest BCUT2D eigenvalue weighted by Crippen LogP contribution is 2.24. The van der Waals surface area contributed by atoms with Crippen molar-refractivity contribution in [3.63, 3.8) is 0 Å². The molecule has 0 aliphatic heterocycles. The molecule has 6 heteroatoms. The van der Waals surface area contributed by atoms with Crippen LogP contribution in [-0.2, 0) is 4.79 Å². The molecule has 110 valence electrons. The molecular weight excluding hydrogens is 260 g/mol. The molecule has 1 aromatic heterocycles. The SMILES string of the molecule is CC(C)(C)CC(CNC(=O)c1ccncc1O)C(=O)O. The highest BCUT2D eigenvalue weighted by atomic mass is 16.4. The average Bonchev–Trinajstić information content (AvgIpc) is 2.33. The van der Waals surface area contributed by atoms with Crippen molar-refractivity contribution in [1.29, 1.82) is 0 Å². The molecule has 6 nitrogen and oxygen atoms in total. The Kier molecular flexibility index (Phi) is 5.07. The number of aliphatic carboxylic acids is 1. The fourth-order valence-corrected chi connectivity index (χ4v) is 1.88. The fourth-order valence-electron chi connectivity index (χ4n) is 1.88. The van der Waals surface area contributed by atoms with Gasteiger partial charge >= 0.3 is 5.97 Å². The zero-order chi connectivity index (χ0) is 15.3. The minimum atomic E-state index is -0.945. The topological polar surface area (TPSA) is 99.5 Å². The summed E-state index contributed by atoms with van der Waals surface area (Å²) in [4.78, 5) is 26.7. The summed E-state index contributed by atoms with van der Waals surface area (Å²) in [5.41, 5.74) is -0.0630. The van der Waals surface area contributed by atoms with Gasteiger partial charge in [-0.25, -0.2) is 0 Å². The lowest BCUT2D eigenvalue weighted by Crippen LogP contribution is -2.35. The van der Waals surface area contributed by atoms with Crippen molar-refractivity contribution in [1.82, 2.24) is 10.3 Å². The molecule has 1 amide bonds. The van der Waals surface area contributed by atoms with Crippen LogP contribution in [0.3, 0.4) is 0 Å². The quantitative estimate of drug-likeness (QED) is 0.761. The predicted octanol–water partition coefficient (Wildman–Crippen LogP) is 1.65. The Bertz CT molecular complexity index is 494. The van der Waals surface area contributed by atoms with Gasteiger partial charge in [-0.15, -0.1) is 0 Å². The summed E-state index contributed by atoms with van der Waals surface area (Å²) in [5, 5.41) is 21.2. The maximum atomic E-state index is 11.9. The standard InChI is InChI=1S/C14H20N2O4/c1-14(2,3)6-9(13(19)20)7-16-12(18)10-4-5-15-8-11(10)17/h4-5,8-9,17H,6-7H2,1-3H3,(H,16,18)(H,19,20). The summed E-state index contributed by atoms with van der Waals surface area (Å²) in [6.45, 7) is 5.85. The maximum absolute atomic E-state index is 11.9. The van der Waals surface area contributed by atoms with Crippen LogP contribution in [-0.4, -0.2) is 33.6 Å². The van der Waals surface area contributed by atoms with E-state index in [1.54, 1.807) is 0 Å². The number of carbonyl (C=O) groups excluding carboxylic acids is 1. The van der Waals surface area contributed by atoms with Gasteiger partial charge < -0.3 is 15.5 Å². The molecule has 1 unspecified atom stereocenters. The Morgan fingerprint density at radius 2 is 2.05 bits per heavy atom. The van der Waals surface area contributed by atoms with Gasteiger partial charge in [0.1, 0.15) is 5.75 Å². The highest BCUT2D eigenvalue weighted by molar-refractivity contribution is 5.96. The molecule has 1 atom stereocenters. The van der Waals surface area contributed by atoms with Crippen molar-refractivity contribution in [2.24, 2.45) is 11.3 Å². The van der Waals surface area contributed by atoms with Gasteiger partial charge in [-0.05, 0) is 17.9 Å². The summed E-state index contributed by atoms with van der Waals surface area (Å²) in [6, 6.07) is 1.38. The van der Waals surface area contributed by atoms with Crippen LogP contribution in [0.2, 0.25) is 0 Å².